The Bertz CT molecular complexity index is 1230. The molecule has 10 heteroatoms. The lowest BCUT2D eigenvalue weighted by molar-refractivity contribution is -0.148. The predicted molar refractivity (Wildman–Crippen MR) is 131 cm³/mol. The van der Waals surface area contributed by atoms with E-state index in [4.69, 9.17) is 21.1 Å². The normalized spacial score (nSPS) is 17.9. The van der Waals surface area contributed by atoms with Crippen molar-refractivity contribution in [3.05, 3.63) is 57.9 Å². The first-order chi connectivity index (χ1) is 16.8. The van der Waals surface area contributed by atoms with E-state index >= 15 is 8.78 Å². The number of carbonyl (C=O) groups is 1. The molecule has 2 aliphatic rings. The van der Waals surface area contributed by atoms with Gasteiger partial charge in [-0.05, 0) is 73.3 Å². The van der Waals surface area contributed by atoms with Gasteiger partial charge in [-0.25, -0.2) is 0 Å². The van der Waals surface area contributed by atoms with Gasteiger partial charge in [0, 0.05) is 16.3 Å². The molecule has 5 rings (SSSR count). The third-order valence-electron chi connectivity index (χ3n) is 6.33. The second-order valence-corrected chi connectivity index (χ2v) is 10.3. The maximum Gasteiger partial charge on any atom is 0.358 e. The highest BCUT2D eigenvalue weighted by atomic mass is 35.5. The van der Waals surface area contributed by atoms with Crippen LogP contribution in [0.25, 0.3) is 10.1 Å². The highest BCUT2D eigenvalue weighted by Gasteiger charge is 2.44. The molecule has 6 nitrogen and oxygen atoms in total. The number of aliphatic hydroxyl groups is 1. The van der Waals surface area contributed by atoms with Crippen LogP contribution in [-0.4, -0.2) is 54.8 Å². The highest BCUT2D eigenvalue weighted by molar-refractivity contribution is 7.19. The van der Waals surface area contributed by atoms with Gasteiger partial charge >= 0.3 is 5.92 Å². The Kier molecular flexibility index (Phi) is 6.85. The molecule has 0 bridgehead atoms. The standard InChI is InChI=1S/C25H25ClF2N2O4S/c26-17-4-6-21-16(11-17)13-22(35-21)25(27,28)24(32)29-18(14-30-7-1-2-8-30)23(31)15-3-5-19-20(12-15)34-10-9-33-19/h3-6,11-13,18,23,31H,1-2,7-10,14H2,(H,29,32). The molecular formula is C25H25ClF2N2O4S. The summed E-state index contributed by atoms with van der Waals surface area (Å²) in [5.74, 6) is -4.18. The number of fused-ring (bicyclic) bond motifs is 2. The average molecular weight is 523 g/mol. The van der Waals surface area contributed by atoms with Crippen LogP contribution in [-0.2, 0) is 10.7 Å². The number of hydrogen-bond acceptors (Lipinski definition) is 6. The molecule has 2 N–H and O–H groups in total. The van der Waals surface area contributed by atoms with Crippen molar-refractivity contribution < 1.29 is 28.2 Å². The zero-order valence-corrected chi connectivity index (χ0v) is 20.4. The summed E-state index contributed by atoms with van der Waals surface area (Å²) < 4.78 is 42.3. The first-order valence-electron chi connectivity index (χ1n) is 11.5. The summed E-state index contributed by atoms with van der Waals surface area (Å²) in [4.78, 5) is 14.6. The van der Waals surface area contributed by atoms with Crippen LogP contribution in [0.3, 0.4) is 0 Å². The molecule has 0 radical (unpaired) electrons. The van der Waals surface area contributed by atoms with Crippen molar-refractivity contribution in [2.45, 2.75) is 30.9 Å². The van der Waals surface area contributed by atoms with Gasteiger partial charge < -0.3 is 24.8 Å². The Morgan fingerprint density at radius 1 is 1.11 bits per heavy atom. The van der Waals surface area contributed by atoms with Crippen molar-refractivity contribution in [2.75, 3.05) is 32.8 Å². The van der Waals surface area contributed by atoms with E-state index in [-0.39, 0.29) is 11.4 Å². The van der Waals surface area contributed by atoms with Crippen molar-refractivity contribution in [3.8, 4) is 11.5 Å². The van der Waals surface area contributed by atoms with Crippen molar-refractivity contribution in [1.82, 2.24) is 10.2 Å². The number of halogens is 3. The number of likely N-dealkylation sites (tertiary alicyclic amines) is 1. The second kappa shape index (κ2) is 9.89. The minimum Gasteiger partial charge on any atom is -0.486 e. The Morgan fingerprint density at radius 2 is 1.86 bits per heavy atom. The van der Waals surface area contributed by atoms with E-state index < -0.39 is 24.0 Å². The van der Waals surface area contributed by atoms with Crippen molar-refractivity contribution in [3.63, 3.8) is 0 Å². The second-order valence-electron chi connectivity index (χ2n) is 8.80. The van der Waals surface area contributed by atoms with Crippen LogP contribution in [0.2, 0.25) is 5.02 Å². The molecule has 0 aliphatic carbocycles. The number of benzene rings is 2. The molecular weight excluding hydrogens is 498 g/mol. The summed E-state index contributed by atoms with van der Waals surface area (Å²) >= 11 is 6.83. The zero-order valence-electron chi connectivity index (χ0n) is 18.8. The van der Waals surface area contributed by atoms with Crippen molar-refractivity contribution >= 4 is 38.9 Å². The number of nitrogens with one attached hydrogen (secondary N) is 1. The van der Waals surface area contributed by atoms with Gasteiger partial charge in [-0.3, -0.25) is 4.79 Å². The molecule has 1 fully saturated rings. The first-order valence-corrected chi connectivity index (χ1v) is 12.7. The number of hydrogen-bond donors (Lipinski definition) is 2. The van der Waals surface area contributed by atoms with Crippen LogP contribution < -0.4 is 14.8 Å². The zero-order chi connectivity index (χ0) is 24.6. The molecule has 2 atom stereocenters. The summed E-state index contributed by atoms with van der Waals surface area (Å²) in [6.45, 7) is 2.63. The fourth-order valence-electron chi connectivity index (χ4n) is 4.48. The third kappa shape index (κ3) is 5.09. The van der Waals surface area contributed by atoms with Gasteiger partial charge in [0.15, 0.2) is 11.5 Å². The van der Waals surface area contributed by atoms with E-state index in [2.05, 4.69) is 10.2 Å². The molecule has 3 heterocycles. The minimum absolute atomic E-state index is 0.249. The van der Waals surface area contributed by atoms with E-state index in [1.54, 1.807) is 36.4 Å². The predicted octanol–water partition coefficient (Wildman–Crippen LogP) is 4.73. The van der Waals surface area contributed by atoms with Gasteiger partial charge in [-0.2, -0.15) is 8.78 Å². The maximum absolute atomic E-state index is 15.3. The molecule has 1 saturated heterocycles. The molecule has 186 valence electrons. The van der Waals surface area contributed by atoms with Gasteiger partial charge in [0.2, 0.25) is 0 Å². The molecule has 35 heavy (non-hydrogen) atoms. The van der Waals surface area contributed by atoms with Crippen LogP contribution >= 0.6 is 22.9 Å². The molecule has 1 amide bonds. The van der Waals surface area contributed by atoms with Crippen LogP contribution in [0.15, 0.2) is 42.5 Å². The third-order valence-corrected chi connectivity index (χ3v) is 7.75. The number of nitrogens with zero attached hydrogens (tertiary/aromatic N) is 1. The molecule has 3 aromatic rings. The van der Waals surface area contributed by atoms with E-state index in [0.717, 1.165) is 37.3 Å². The molecule has 2 unspecified atom stereocenters. The number of alkyl halides is 2. The Balaban J connectivity index is 1.39. The molecule has 2 aromatic carbocycles. The lowest BCUT2D eigenvalue weighted by Crippen LogP contribution is -2.50. The minimum atomic E-state index is -3.77. The summed E-state index contributed by atoms with van der Waals surface area (Å²) in [5, 5.41) is 14.6. The largest absolute Gasteiger partial charge is 0.486 e. The topological polar surface area (TPSA) is 71.0 Å². The number of rotatable bonds is 7. The van der Waals surface area contributed by atoms with Crippen LogP contribution in [0.4, 0.5) is 8.78 Å². The number of ether oxygens (including phenoxy) is 2. The fraction of sp³-hybridized carbons (Fsp3) is 0.400. The van der Waals surface area contributed by atoms with Crippen LogP contribution in [0, 0.1) is 0 Å². The van der Waals surface area contributed by atoms with E-state index in [1.807, 2.05) is 0 Å². The molecule has 0 spiro atoms. The first kappa shape index (κ1) is 24.2. The van der Waals surface area contributed by atoms with E-state index in [0.29, 0.717) is 45.4 Å². The highest BCUT2D eigenvalue weighted by Crippen LogP contribution is 2.39. The molecule has 2 aliphatic heterocycles. The SMILES string of the molecule is O=C(NC(CN1CCCC1)C(O)c1ccc2c(c1)OCCO2)C(F)(F)c1cc2cc(Cl)ccc2s1. The maximum atomic E-state index is 15.3. The van der Waals surface area contributed by atoms with Crippen LogP contribution in [0.1, 0.15) is 29.4 Å². The van der Waals surface area contributed by atoms with Gasteiger partial charge in [-0.15, -0.1) is 11.3 Å². The van der Waals surface area contributed by atoms with Gasteiger partial charge in [0.25, 0.3) is 5.91 Å². The lowest BCUT2D eigenvalue weighted by atomic mass is 10.0. The Morgan fingerprint density at radius 3 is 2.63 bits per heavy atom. The quantitative estimate of drug-likeness (QED) is 0.469. The summed E-state index contributed by atoms with van der Waals surface area (Å²) in [6.07, 6.45) is 0.759. The average Bonchev–Trinajstić information content (AvgIpc) is 3.52. The fourth-order valence-corrected chi connectivity index (χ4v) is 5.68. The Hall–Kier alpha value is -2.46. The van der Waals surface area contributed by atoms with Gasteiger partial charge in [0.05, 0.1) is 10.9 Å². The van der Waals surface area contributed by atoms with Crippen molar-refractivity contribution in [1.29, 1.82) is 0 Å². The summed E-state index contributed by atoms with van der Waals surface area (Å²) in [6, 6.07) is 10.2. The van der Waals surface area contributed by atoms with E-state index in [9.17, 15) is 9.90 Å². The van der Waals surface area contributed by atoms with E-state index in [1.165, 1.54) is 6.07 Å². The number of carbonyl (C=O) groups excluding carboxylic acids is 1. The Labute approximate surface area is 210 Å². The van der Waals surface area contributed by atoms with Gasteiger partial charge in [-0.1, -0.05) is 17.7 Å². The molecule has 0 saturated carbocycles. The molecule has 1 aromatic heterocycles. The van der Waals surface area contributed by atoms with Crippen molar-refractivity contribution in [2.24, 2.45) is 0 Å². The summed E-state index contributed by atoms with van der Waals surface area (Å²) in [7, 11) is 0. The van der Waals surface area contributed by atoms with Crippen LogP contribution in [0.5, 0.6) is 11.5 Å². The lowest BCUT2D eigenvalue weighted by Gasteiger charge is -2.30. The number of aliphatic hydroxyl groups excluding tert-OH is 1. The monoisotopic (exact) mass is 522 g/mol. The summed E-state index contributed by atoms with van der Waals surface area (Å²) in [5.41, 5.74) is 0.457. The number of amides is 1. The van der Waals surface area contributed by atoms with Gasteiger partial charge in [0.1, 0.15) is 19.3 Å². The smallest absolute Gasteiger partial charge is 0.358 e. The number of thiophene rings is 1.